The van der Waals surface area contributed by atoms with Crippen LogP contribution in [0.4, 0.5) is 0 Å². The summed E-state index contributed by atoms with van der Waals surface area (Å²) in [5.41, 5.74) is 2.88. The highest BCUT2D eigenvalue weighted by Gasteiger charge is 2.09. The molecular formula is C6H7N3O. The van der Waals surface area contributed by atoms with Gasteiger partial charge in [-0.05, 0) is 0 Å². The minimum atomic E-state index is -0.0255. The van der Waals surface area contributed by atoms with Crippen molar-refractivity contribution in [3.05, 3.63) is 28.4 Å². The molecular weight excluding hydrogens is 130 g/mol. The van der Waals surface area contributed by atoms with E-state index in [0.717, 1.165) is 18.8 Å². The van der Waals surface area contributed by atoms with Gasteiger partial charge in [0.25, 0.3) is 5.56 Å². The van der Waals surface area contributed by atoms with E-state index in [0.29, 0.717) is 0 Å². The summed E-state index contributed by atoms with van der Waals surface area (Å²) in [5, 5.41) is 0. The van der Waals surface area contributed by atoms with Gasteiger partial charge in [-0.2, -0.15) is 0 Å². The Morgan fingerprint density at radius 1 is 1.70 bits per heavy atom. The fraction of sp³-hybridized carbons (Fsp3) is 0.333. The van der Waals surface area contributed by atoms with Crippen molar-refractivity contribution in [3.63, 3.8) is 0 Å². The zero-order chi connectivity index (χ0) is 6.97. The average molecular weight is 137 g/mol. The van der Waals surface area contributed by atoms with Crippen LogP contribution in [0.2, 0.25) is 0 Å². The topological polar surface area (TPSA) is 46.9 Å². The van der Waals surface area contributed by atoms with Gasteiger partial charge in [-0.1, -0.05) is 0 Å². The maximum absolute atomic E-state index is 11.0. The van der Waals surface area contributed by atoms with Crippen molar-refractivity contribution in [1.29, 1.82) is 0 Å². The Hall–Kier alpha value is -1.32. The Morgan fingerprint density at radius 3 is 3.40 bits per heavy atom. The second-order valence-corrected chi connectivity index (χ2v) is 2.19. The monoisotopic (exact) mass is 137 g/mol. The van der Waals surface area contributed by atoms with Crippen LogP contribution in [0.15, 0.2) is 17.1 Å². The van der Waals surface area contributed by atoms with Crippen molar-refractivity contribution in [3.8, 4) is 0 Å². The summed E-state index contributed by atoms with van der Waals surface area (Å²) in [5.74, 6) is 0.826. The molecule has 4 nitrogen and oxygen atoms in total. The number of fused-ring (bicyclic) bond motifs is 1. The summed E-state index contributed by atoms with van der Waals surface area (Å²) >= 11 is 0. The van der Waals surface area contributed by atoms with E-state index in [1.165, 1.54) is 10.7 Å². The van der Waals surface area contributed by atoms with Crippen LogP contribution in [0.5, 0.6) is 0 Å². The quantitative estimate of drug-likeness (QED) is 0.516. The van der Waals surface area contributed by atoms with Crippen molar-refractivity contribution in [2.45, 2.75) is 6.42 Å². The maximum atomic E-state index is 11.0. The number of rotatable bonds is 0. The second-order valence-electron chi connectivity index (χ2n) is 2.19. The fourth-order valence-corrected chi connectivity index (χ4v) is 1.07. The zero-order valence-corrected chi connectivity index (χ0v) is 5.37. The van der Waals surface area contributed by atoms with Crippen molar-refractivity contribution < 1.29 is 0 Å². The van der Waals surface area contributed by atoms with Crippen molar-refractivity contribution in [2.75, 3.05) is 12.0 Å². The number of nitrogens with one attached hydrogen (secondary N) is 1. The van der Waals surface area contributed by atoms with Gasteiger partial charge in [0.15, 0.2) is 0 Å². The summed E-state index contributed by atoms with van der Waals surface area (Å²) in [4.78, 5) is 15.0. The minimum absolute atomic E-state index is 0.0255. The maximum Gasteiger partial charge on any atom is 0.272 e. The van der Waals surface area contributed by atoms with Gasteiger partial charge in [0, 0.05) is 25.2 Å². The Morgan fingerprint density at radius 2 is 2.60 bits per heavy atom. The van der Waals surface area contributed by atoms with E-state index in [2.05, 4.69) is 10.4 Å². The minimum Gasteiger partial charge on any atom is -0.321 e. The lowest BCUT2D eigenvalue weighted by molar-refractivity contribution is 0.841. The summed E-state index contributed by atoms with van der Waals surface area (Å²) < 4.78 is 1.49. The predicted octanol–water partition coefficient (Wildman–Crippen LogP) is -0.657. The Bertz CT molecular complexity index is 304. The molecule has 1 aliphatic rings. The largest absolute Gasteiger partial charge is 0.321 e. The number of aromatic nitrogens is 2. The van der Waals surface area contributed by atoms with E-state index in [4.69, 9.17) is 0 Å². The van der Waals surface area contributed by atoms with Crippen LogP contribution in [0.25, 0.3) is 0 Å². The Labute approximate surface area is 57.5 Å². The first-order chi connectivity index (χ1) is 4.88. The zero-order valence-electron chi connectivity index (χ0n) is 5.37. The van der Waals surface area contributed by atoms with E-state index in [1.54, 1.807) is 6.20 Å². The number of hydrogen-bond acceptors (Lipinski definition) is 3. The van der Waals surface area contributed by atoms with E-state index in [-0.39, 0.29) is 5.56 Å². The van der Waals surface area contributed by atoms with Gasteiger partial charge in [0.05, 0.1) is 0 Å². The van der Waals surface area contributed by atoms with Gasteiger partial charge in [0.1, 0.15) is 5.82 Å². The van der Waals surface area contributed by atoms with Gasteiger partial charge in [-0.3, -0.25) is 4.79 Å². The first kappa shape index (κ1) is 5.46. The molecule has 0 bridgehead atoms. The van der Waals surface area contributed by atoms with Gasteiger partial charge in [0.2, 0.25) is 0 Å². The lowest BCUT2D eigenvalue weighted by Gasteiger charge is -1.98. The highest BCUT2D eigenvalue weighted by Crippen LogP contribution is 1.95. The van der Waals surface area contributed by atoms with Gasteiger partial charge in [-0.15, -0.1) is 0 Å². The molecule has 4 heteroatoms. The molecule has 0 saturated heterocycles. The molecule has 52 valence electrons. The molecule has 0 fully saturated rings. The fourth-order valence-electron chi connectivity index (χ4n) is 1.07. The summed E-state index contributed by atoms with van der Waals surface area (Å²) in [6, 6.07) is 1.45. The third-order valence-electron chi connectivity index (χ3n) is 1.54. The smallest absolute Gasteiger partial charge is 0.272 e. The lowest BCUT2D eigenvalue weighted by Crippen LogP contribution is -2.25. The van der Waals surface area contributed by atoms with E-state index < -0.39 is 0 Å². The van der Waals surface area contributed by atoms with E-state index in [1.807, 2.05) is 0 Å². The van der Waals surface area contributed by atoms with Crippen LogP contribution >= 0.6 is 0 Å². The van der Waals surface area contributed by atoms with Crippen molar-refractivity contribution in [2.24, 2.45) is 0 Å². The molecule has 2 rings (SSSR count). The van der Waals surface area contributed by atoms with Crippen molar-refractivity contribution >= 4 is 0 Å². The molecule has 0 saturated carbocycles. The Kier molecular flexibility index (Phi) is 1.00. The van der Waals surface area contributed by atoms with Crippen LogP contribution in [0.1, 0.15) is 5.82 Å². The highest BCUT2D eigenvalue weighted by atomic mass is 16.1. The number of hydrogen-bond donors (Lipinski definition) is 1. The summed E-state index contributed by atoms with van der Waals surface area (Å²) in [6.45, 7) is 0.812. The van der Waals surface area contributed by atoms with Crippen LogP contribution in [-0.2, 0) is 6.42 Å². The molecule has 0 atom stereocenters. The highest BCUT2D eigenvalue weighted by molar-refractivity contribution is 5.02. The molecule has 0 aromatic carbocycles. The van der Waals surface area contributed by atoms with E-state index >= 15 is 0 Å². The van der Waals surface area contributed by atoms with Crippen LogP contribution < -0.4 is 11.0 Å². The Balaban J connectivity index is 2.70. The van der Waals surface area contributed by atoms with Crippen LogP contribution in [0.3, 0.4) is 0 Å². The molecule has 1 aliphatic heterocycles. The lowest BCUT2D eigenvalue weighted by atomic mass is 10.4. The molecule has 1 aromatic rings. The molecule has 0 aliphatic carbocycles. The molecule has 0 amide bonds. The molecule has 1 aromatic heterocycles. The molecule has 0 unspecified atom stereocenters. The third-order valence-corrected chi connectivity index (χ3v) is 1.54. The van der Waals surface area contributed by atoms with Crippen LogP contribution in [-0.4, -0.2) is 16.2 Å². The second kappa shape index (κ2) is 1.83. The third kappa shape index (κ3) is 0.618. The molecule has 0 spiro atoms. The SMILES string of the molecule is O=c1ccnc2n1NCC2. The molecule has 1 N–H and O–H groups in total. The van der Waals surface area contributed by atoms with Gasteiger partial charge < -0.3 is 5.43 Å². The summed E-state index contributed by atoms with van der Waals surface area (Å²) in [7, 11) is 0. The first-order valence-corrected chi connectivity index (χ1v) is 3.19. The molecule has 2 heterocycles. The van der Waals surface area contributed by atoms with E-state index in [9.17, 15) is 4.79 Å². The van der Waals surface area contributed by atoms with Crippen LogP contribution in [0, 0.1) is 0 Å². The normalized spacial score (nSPS) is 14.4. The summed E-state index contributed by atoms with van der Waals surface area (Å²) in [6.07, 6.45) is 2.39. The predicted molar refractivity (Wildman–Crippen MR) is 36.4 cm³/mol. The molecule has 10 heavy (non-hydrogen) atoms. The van der Waals surface area contributed by atoms with Crippen molar-refractivity contribution in [1.82, 2.24) is 9.66 Å². The average Bonchev–Trinajstić information content (AvgIpc) is 2.36. The number of nitrogens with zero attached hydrogens (tertiary/aromatic N) is 2. The van der Waals surface area contributed by atoms with Gasteiger partial charge >= 0.3 is 0 Å². The molecule has 0 radical (unpaired) electrons. The standard InChI is InChI=1S/C6H7N3O/c10-6-2-3-7-5-1-4-8-9(5)6/h2-3,8H,1,4H2. The van der Waals surface area contributed by atoms with Gasteiger partial charge in [-0.25, -0.2) is 9.66 Å². The first-order valence-electron chi connectivity index (χ1n) is 3.19.